The highest BCUT2D eigenvalue weighted by Crippen LogP contribution is 2.41. The molecule has 11 nitrogen and oxygen atoms in total. The fourth-order valence-electron chi connectivity index (χ4n) is 5.83. The van der Waals surface area contributed by atoms with Gasteiger partial charge in [0.2, 0.25) is 5.75 Å². The maximum absolute atomic E-state index is 14.1. The summed E-state index contributed by atoms with van der Waals surface area (Å²) in [6.07, 6.45) is 3.36. The molecule has 11 heteroatoms. The molecule has 5 rings (SSSR count). The molecule has 1 saturated heterocycles. The number of piperazine rings is 1. The van der Waals surface area contributed by atoms with E-state index in [0.29, 0.717) is 42.0 Å². The van der Waals surface area contributed by atoms with Gasteiger partial charge in [0.25, 0.3) is 0 Å². The van der Waals surface area contributed by atoms with Crippen LogP contribution in [-0.2, 0) is 0 Å². The minimum Gasteiger partial charge on any atom is -0.493 e. The molecule has 1 amide bonds. The van der Waals surface area contributed by atoms with Crippen molar-refractivity contribution in [2.45, 2.75) is 26.3 Å². The lowest BCUT2D eigenvalue weighted by atomic mass is 10.0. The van der Waals surface area contributed by atoms with Gasteiger partial charge in [-0.2, -0.15) is 0 Å². The molecule has 0 unspecified atom stereocenters. The summed E-state index contributed by atoms with van der Waals surface area (Å²) in [4.78, 5) is 29.0. The molecule has 0 aliphatic carbocycles. The van der Waals surface area contributed by atoms with Gasteiger partial charge in [0.05, 0.1) is 26.9 Å². The van der Waals surface area contributed by atoms with Gasteiger partial charge in [-0.05, 0) is 50.1 Å². The quantitative estimate of drug-likeness (QED) is 0.163. The number of likely N-dealkylation sites (N-methyl/N-ethyl adjacent to an activating group) is 1. The molecule has 4 aromatic rings. The van der Waals surface area contributed by atoms with Crippen LogP contribution in [0.25, 0.3) is 0 Å². The first kappa shape index (κ1) is 34.5. The lowest BCUT2D eigenvalue weighted by molar-refractivity contribution is 0.145. The van der Waals surface area contributed by atoms with Crippen molar-refractivity contribution in [3.05, 3.63) is 95.9 Å². The molecule has 1 fully saturated rings. The summed E-state index contributed by atoms with van der Waals surface area (Å²) in [6, 6.07) is 20.5. The molecule has 0 radical (unpaired) electrons. The third-order valence-corrected chi connectivity index (χ3v) is 8.52. The second-order valence-corrected chi connectivity index (χ2v) is 11.9. The van der Waals surface area contributed by atoms with Crippen molar-refractivity contribution in [3.63, 3.8) is 0 Å². The van der Waals surface area contributed by atoms with Gasteiger partial charge in [0, 0.05) is 63.3 Å². The van der Waals surface area contributed by atoms with Gasteiger partial charge in [0.15, 0.2) is 11.5 Å². The molecular formula is C37H46N6O5. The average molecular weight is 655 g/mol. The Kier molecular flexibility index (Phi) is 12.1. The van der Waals surface area contributed by atoms with Crippen LogP contribution >= 0.6 is 0 Å². The van der Waals surface area contributed by atoms with E-state index >= 15 is 0 Å². The monoisotopic (exact) mass is 654 g/mol. The largest absolute Gasteiger partial charge is 0.493 e. The van der Waals surface area contributed by atoms with E-state index in [1.165, 1.54) is 6.33 Å². The fourth-order valence-corrected chi connectivity index (χ4v) is 5.83. The van der Waals surface area contributed by atoms with E-state index in [1.807, 2.05) is 74.5 Å². The second-order valence-electron chi connectivity index (χ2n) is 11.9. The molecule has 48 heavy (non-hydrogen) atoms. The molecule has 254 valence electrons. The van der Waals surface area contributed by atoms with Crippen molar-refractivity contribution in [2.75, 3.05) is 77.4 Å². The number of hydrogen-bond acceptors (Lipinski definition) is 10. The number of methoxy groups -OCH3 is 2. The summed E-state index contributed by atoms with van der Waals surface area (Å²) in [7, 11) is 5.37. The zero-order valence-electron chi connectivity index (χ0n) is 28.5. The molecule has 0 saturated carbocycles. The van der Waals surface area contributed by atoms with Gasteiger partial charge < -0.3 is 34.1 Å². The molecular weight excluding hydrogens is 608 g/mol. The Morgan fingerprint density at radius 3 is 2.31 bits per heavy atom. The van der Waals surface area contributed by atoms with E-state index in [4.69, 9.17) is 18.9 Å². The van der Waals surface area contributed by atoms with E-state index < -0.39 is 12.1 Å². The number of hydrogen-bond donors (Lipinski definition) is 1. The van der Waals surface area contributed by atoms with Crippen LogP contribution in [0.4, 0.5) is 16.3 Å². The summed E-state index contributed by atoms with van der Waals surface area (Å²) in [5, 5.41) is 3.53. The van der Waals surface area contributed by atoms with Gasteiger partial charge in [0.1, 0.15) is 17.9 Å². The Balaban J connectivity index is 1.39. The van der Waals surface area contributed by atoms with Crippen molar-refractivity contribution in [2.24, 2.45) is 0 Å². The summed E-state index contributed by atoms with van der Waals surface area (Å²) in [6.45, 7) is 9.97. The van der Waals surface area contributed by atoms with Crippen LogP contribution in [0.5, 0.6) is 23.0 Å². The lowest BCUT2D eigenvalue weighted by Crippen LogP contribution is -2.44. The third kappa shape index (κ3) is 8.72. The second kappa shape index (κ2) is 16.8. The molecule has 0 bridgehead atoms. The summed E-state index contributed by atoms with van der Waals surface area (Å²) < 4.78 is 23.8. The number of aryl methyl sites for hydroxylation is 2. The topological polar surface area (TPSA) is 102 Å². The van der Waals surface area contributed by atoms with Gasteiger partial charge in [-0.1, -0.05) is 48.5 Å². The Hall–Kier alpha value is -4.87. The molecule has 2 heterocycles. The predicted octanol–water partition coefficient (Wildman–Crippen LogP) is 5.99. The number of benzene rings is 3. The van der Waals surface area contributed by atoms with Crippen molar-refractivity contribution < 1.29 is 23.7 Å². The van der Waals surface area contributed by atoms with Crippen LogP contribution in [-0.4, -0.2) is 93.0 Å². The molecule has 1 atom stereocenters. The SMILES string of the molecule is COc1cc(NC[C@H](c2ccccc2)N(C(=O)Oc2c(C)cccc2C)c2ccncn2)cc(OCCCN2CCN(C)CC2)c1OC. The zero-order chi connectivity index (χ0) is 33.9. The molecule has 1 N–H and O–H groups in total. The Labute approximate surface area is 283 Å². The smallest absolute Gasteiger partial charge is 0.421 e. The molecule has 1 aliphatic rings. The number of rotatable bonds is 14. The number of ether oxygens (including phenoxy) is 4. The minimum absolute atomic E-state index is 0.314. The molecule has 1 aliphatic heterocycles. The van der Waals surface area contributed by atoms with Crippen molar-refractivity contribution in [3.8, 4) is 23.0 Å². The number of aromatic nitrogens is 2. The average Bonchev–Trinajstić information content (AvgIpc) is 3.11. The zero-order valence-corrected chi connectivity index (χ0v) is 28.5. The van der Waals surface area contributed by atoms with Gasteiger partial charge in [-0.3, -0.25) is 4.90 Å². The standard InChI is InChI=1S/C37H46N6O5/c1-27-11-9-12-28(2)35(27)48-37(44)43(34-15-16-38-26-40-34)31(29-13-7-6-8-14-29)25-39-30-23-32(45-4)36(46-5)33(24-30)47-22-10-17-42-20-18-41(3)19-21-42/h6-9,11-16,23-24,26,31,39H,10,17-22,25H2,1-5H3/t31-/m1/s1. The van der Waals surface area contributed by atoms with Crippen LogP contribution in [0, 0.1) is 13.8 Å². The summed E-state index contributed by atoms with van der Waals surface area (Å²) in [5.74, 6) is 2.58. The first-order chi connectivity index (χ1) is 23.4. The summed E-state index contributed by atoms with van der Waals surface area (Å²) >= 11 is 0. The number of para-hydroxylation sites is 1. The van der Waals surface area contributed by atoms with Crippen molar-refractivity contribution >= 4 is 17.6 Å². The molecule has 1 aromatic heterocycles. The minimum atomic E-state index is -0.557. The van der Waals surface area contributed by atoms with E-state index in [9.17, 15) is 4.79 Å². The van der Waals surface area contributed by atoms with Gasteiger partial charge in [-0.25, -0.2) is 14.8 Å². The van der Waals surface area contributed by atoms with Crippen LogP contribution < -0.4 is 29.2 Å². The van der Waals surface area contributed by atoms with E-state index in [2.05, 4.69) is 32.1 Å². The highest BCUT2D eigenvalue weighted by Gasteiger charge is 2.31. The fraction of sp³-hybridized carbons (Fsp3) is 0.378. The van der Waals surface area contributed by atoms with Gasteiger partial charge >= 0.3 is 6.09 Å². The first-order valence-corrected chi connectivity index (χ1v) is 16.3. The summed E-state index contributed by atoms with van der Waals surface area (Å²) in [5.41, 5.74) is 3.36. The number of nitrogens with one attached hydrogen (secondary N) is 1. The normalized spacial score (nSPS) is 14.2. The lowest BCUT2D eigenvalue weighted by Gasteiger charge is -2.32. The van der Waals surface area contributed by atoms with Crippen LogP contribution in [0.2, 0.25) is 0 Å². The number of carbonyl (C=O) groups is 1. The van der Waals surface area contributed by atoms with Crippen LogP contribution in [0.1, 0.15) is 29.2 Å². The Morgan fingerprint density at radius 2 is 1.65 bits per heavy atom. The van der Waals surface area contributed by atoms with Crippen molar-refractivity contribution in [1.82, 2.24) is 19.8 Å². The van der Waals surface area contributed by atoms with E-state index in [0.717, 1.165) is 61.5 Å². The maximum Gasteiger partial charge on any atom is 0.421 e. The highest BCUT2D eigenvalue weighted by atomic mass is 16.6. The number of nitrogens with zero attached hydrogens (tertiary/aromatic N) is 5. The van der Waals surface area contributed by atoms with Gasteiger partial charge in [-0.15, -0.1) is 0 Å². The number of anilines is 2. The molecule has 0 spiro atoms. The Morgan fingerprint density at radius 1 is 0.917 bits per heavy atom. The van der Waals surface area contributed by atoms with Crippen LogP contribution in [0.3, 0.4) is 0 Å². The number of carbonyl (C=O) groups excluding carboxylic acids is 1. The predicted molar refractivity (Wildman–Crippen MR) is 188 cm³/mol. The maximum atomic E-state index is 14.1. The molecule has 3 aromatic carbocycles. The van der Waals surface area contributed by atoms with E-state index in [1.54, 1.807) is 31.4 Å². The third-order valence-electron chi connectivity index (χ3n) is 8.52. The van der Waals surface area contributed by atoms with Crippen LogP contribution in [0.15, 0.2) is 79.3 Å². The first-order valence-electron chi connectivity index (χ1n) is 16.3. The Bertz CT molecular complexity index is 1600. The van der Waals surface area contributed by atoms with Crippen molar-refractivity contribution in [1.29, 1.82) is 0 Å². The highest BCUT2D eigenvalue weighted by molar-refractivity contribution is 5.89. The van der Waals surface area contributed by atoms with E-state index in [-0.39, 0.29) is 0 Å². The number of amides is 1.